The third-order valence-electron chi connectivity index (χ3n) is 3.43. The van der Waals surface area contributed by atoms with Crippen LogP contribution >= 0.6 is 0 Å². The average Bonchev–Trinajstić information content (AvgIpc) is 2.79. The maximum Gasteiger partial charge on any atom is 0.127 e. The first-order valence-electron chi connectivity index (χ1n) is 7.31. The monoisotopic (exact) mass is 290 g/mol. The second-order valence-corrected chi connectivity index (χ2v) is 5.36. The summed E-state index contributed by atoms with van der Waals surface area (Å²) in [5.41, 5.74) is 1.86. The zero-order valence-corrected chi connectivity index (χ0v) is 12.9. The molecule has 0 aliphatic carbocycles. The summed E-state index contributed by atoms with van der Waals surface area (Å²) in [6, 6.07) is 8.94. The Balaban J connectivity index is 1.96. The van der Waals surface area contributed by atoms with Crippen LogP contribution in [0, 0.1) is 12.7 Å². The highest BCUT2D eigenvalue weighted by Crippen LogP contribution is 2.17. The molecule has 0 atom stereocenters. The summed E-state index contributed by atoms with van der Waals surface area (Å²) in [6.07, 6.45) is 0. The zero-order chi connectivity index (χ0) is 15.2. The van der Waals surface area contributed by atoms with E-state index in [9.17, 15) is 4.39 Å². The third-order valence-corrected chi connectivity index (χ3v) is 3.43. The molecular formula is C17H23FN2O. The van der Waals surface area contributed by atoms with Gasteiger partial charge in [-0.3, -0.25) is 4.90 Å². The topological polar surface area (TPSA) is 28.4 Å². The van der Waals surface area contributed by atoms with E-state index in [1.807, 2.05) is 24.1 Å². The number of nitrogens with zero attached hydrogens (tertiary/aromatic N) is 1. The molecule has 0 spiro atoms. The molecule has 1 aromatic carbocycles. The minimum Gasteiger partial charge on any atom is -0.463 e. The predicted octanol–water partition coefficient (Wildman–Crippen LogP) is 3.47. The van der Waals surface area contributed by atoms with Gasteiger partial charge in [0.25, 0.3) is 0 Å². The second-order valence-electron chi connectivity index (χ2n) is 5.36. The lowest BCUT2D eigenvalue weighted by Crippen LogP contribution is -2.17. The largest absolute Gasteiger partial charge is 0.463 e. The van der Waals surface area contributed by atoms with Gasteiger partial charge in [0, 0.05) is 12.1 Å². The maximum absolute atomic E-state index is 13.6. The van der Waals surface area contributed by atoms with Gasteiger partial charge in [0.05, 0.1) is 13.1 Å². The number of nitrogens with one attached hydrogen (secondary N) is 1. The van der Waals surface area contributed by atoms with E-state index < -0.39 is 0 Å². The molecule has 0 saturated carbocycles. The predicted molar refractivity (Wildman–Crippen MR) is 82.4 cm³/mol. The van der Waals surface area contributed by atoms with Crippen LogP contribution < -0.4 is 5.32 Å². The van der Waals surface area contributed by atoms with E-state index in [-0.39, 0.29) is 5.82 Å². The normalized spacial score (nSPS) is 11.3. The van der Waals surface area contributed by atoms with E-state index in [0.29, 0.717) is 18.7 Å². The van der Waals surface area contributed by atoms with E-state index in [1.54, 1.807) is 6.07 Å². The van der Waals surface area contributed by atoms with Gasteiger partial charge < -0.3 is 9.73 Å². The van der Waals surface area contributed by atoms with E-state index in [4.69, 9.17) is 4.42 Å². The van der Waals surface area contributed by atoms with Gasteiger partial charge in [-0.15, -0.1) is 0 Å². The van der Waals surface area contributed by atoms with Crippen LogP contribution in [-0.2, 0) is 19.6 Å². The summed E-state index contributed by atoms with van der Waals surface area (Å²) in [7, 11) is 1.97. The summed E-state index contributed by atoms with van der Waals surface area (Å²) in [5, 5.41) is 3.26. The Hall–Kier alpha value is -1.65. The smallest absolute Gasteiger partial charge is 0.127 e. The number of hydrogen-bond donors (Lipinski definition) is 1. The first-order valence-corrected chi connectivity index (χ1v) is 7.31. The molecule has 0 unspecified atom stereocenters. The zero-order valence-electron chi connectivity index (χ0n) is 12.9. The molecular weight excluding hydrogens is 267 g/mol. The molecule has 1 heterocycles. The summed E-state index contributed by atoms with van der Waals surface area (Å²) >= 11 is 0. The molecule has 0 aliphatic rings. The molecule has 0 saturated heterocycles. The Morgan fingerprint density at radius 3 is 2.71 bits per heavy atom. The van der Waals surface area contributed by atoms with Crippen molar-refractivity contribution in [2.24, 2.45) is 0 Å². The Morgan fingerprint density at radius 2 is 2.00 bits per heavy atom. The van der Waals surface area contributed by atoms with Crippen LogP contribution in [-0.4, -0.2) is 18.5 Å². The maximum atomic E-state index is 13.6. The lowest BCUT2D eigenvalue weighted by molar-refractivity contribution is 0.279. The Morgan fingerprint density at radius 1 is 1.24 bits per heavy atom. The summed E-state index contributed by atoms with van der Waals surface area (Å²) < 4.78 is 19.5. The molecule has 0 aliphatic heterocycles. The van der Waals surface area contributed by atoms with Gasteiger partial charge in [-0.1, -0.05) is 25.1 Å². The minimum atomic E-state index is -0.159. The van der Waals surface area contributed by atoms with Gasteiger partial charge in [0.2, 0.25) is 0 Å². The van der Waals surface area contributed by atoms with Gasteiger partial charge >= 0.3 is 0 Å². The van der Waals surface area contributed by atoms with Crippen molar-refractivity contribution >= 4 is 0 Å². The second kappa shape index (κ2) is 7.38. The molecule has 4 heteroatoms. The highest BCUT2D eigenvalue weighted by atomic mass is 19.1. The Bertz CT molecular complexity index is 580. The van der Waals surface area contributed by atoms with Crippen LogP contribution in [0.1, 0.15) is 29.6 Å². The number of rotatable bonds is 7. The van der Waals surface area contributed by atoms with E-state index in [0.717, 1.165) is 30.2 Å². The quantitative estimate of drug-likeness (QED) is 0.846. The van der Waals surface area contributed by atoms with Gasteiger partial charge in [0.15, 0.2) is 0 Å². The van der Waals surface area contributed by atoms with Crippen LogP contribution in [0.4, 0.5) is 4.39 Å². The van der Waals surface area contributed by atoms with Crippen LogP contribution in [0.25, 0.3) is 0 Å². The molecule has 0 amide bonds. The lowest BCUT2D eigenvalue weighted by atomic mass is 10.2. The Kier molecular flexibility index (Phi) is 5.53. The Labute approximate surface area is 125 Å². The molecule has 1 aromatic heterocycles. The summed E-state index contributed by atoms with van der Waals surface area (Å²) in [6.45, 7) is 7.02. The van der Waals surface area contributed by atoms with Crippen molar-refractivity contribution in [3.8, 4) is 0 Å². The van der Waals surface area contributed by atoms with E-state index in [2.05, 4.69) is 25.2 Å². The third kappa shape index (κ3) is 4.41. The molecule has 2 aromatic rings. The van der Waals surface area contributed by atoms with Crippen LogP contribution in [0.5, 0.6) is 0 Å². The molecule has 0 radical (unpaired) electrons. The minimum absolute atomic E-state index is 0.159. The summed E-state index contributed by atoms with van der Waals surface area (Å²) in [4.78, 5) is 2.05. The highest BCUT2D eigenvalue weighted by Gasteiger charge is 2.11. The van der Waals surface area contributed by atoms with Gasteiger partial charge in [-0.05, 0) is 38.2 Å². The van der Waals surface area contributed by atoms with Crippen molar-refractivity contribution in [3.05, 3.63) is 58.8 Å². The molecule has 21 heavy (non-hydrogen) atoms. The SMILES string of the molecule is CCNCc1oc(CN(C)Cc2ccccc2F)cc1C. The van der Waals surface area contributed by atoms with E-state index in [1.165, 1.54) is 6.07 Å². The van der Waals surface area contributed by atoms with Crippen molar-refractivity contribution in [1.82, 2.24) is 10.2 Å². The number of benzene rings is 1. The highest BCUT2D eigenvalue weighted by molar-refractivity contribution is 5.20. The standard InChI is InChI=1S/C17H23FN2O/c1-4-19-10-17-13(2)9-15(21-17)12-20(3)11-14-7-5-6-8-16(14)18/h5-9,19H,4,10-12H2,1-3H3. The fraction of sp³-hybridized carbons (Fsp3) is 0.412. The fourth-order valence-corrected chi connectivity index (χ4v) is 2.32. The molecule has 0 fully saturated rings. The van der Waals surface area contributed by atoms with Crippen molar-refractivity contribution in [2.45, 2.75) is 33.5 Å². The number of halogens is 1. The molecule has 1 N–H and O–H groups in total. The number of aryl methyl sites for hydroxylation is 1. The van der Waals surface area contributed by atoms with Crippen LogP contribution in [0.2, 0.25) is 0 Å². The van der Waals surface area contributed by atoms with Gasteiger partial charge in [0.1, 0.15) is 17.3 Å². The van der Waals surface area contributed by atoms with Crippen molar-refractivity contribution in [3.63, 3.8) is 0 Å². The first-order chi connectivity index (χ1) is 10.1. The van der Waals surface area contributed by atoms with Gasteiger partial charge in [-0.25, -0.2) is 4.39 Å². The molecule has 2 rings (SSSR count). The molecule has 3 nitrogen and oxygen atoms in total. The van der Waals surface area contributed by atoms with Crippen molar-refractivity contribution < 1.29 is 8.81 Å². The fourth-order valence-electron chi connectivity index (χ4n) is 2.32. The summed E-state index contributed by atoms with van der Waals surface area (Å²) in [5.74, 6) is 1.73. The average molecular weight is 290 g/mol. The van der Waals surface area contributed by atoms with Crippen LogP contribution in [0.3, 0.4) is 0 Å². The van der Waals surface area contributed by atoms with E-state index >= 15 is 0 Å². The van der Waals surface area contributed by atoms with Crippen molar-refractivity contribution in [1.29, 1.82) is 0 Å². The molecule has 114 valence electrons. The number of hydrogen-bond acceptors (Lipinski definition) is 3. The lowest BCUT2D eigenvalue weighted by Gasteiger charge is -2.15. The van der Waals surface area contributed by atoms with Crippen molar-refractivity contribution in [2.75, 3.05) is 13.6 Å². The van der Waals surface area contributed by atoms with Gasteiger partial charge in [-0.2, -0.15) is 0 Å². The van der Waals surface area contributed by atoms with Crippen LogP contribution in [0.15, 0.2) is 34.7 Å². The first kappa shape index (κ1) is 15.7. The molecule has 0 bridgehead atoms. The number of furan rings is 1.